The van der Waals surface area contributed by atoms with Gasteiger partial charge in [-0.25, -0.2) is 0 Å². The number of aldehydes is 1. The van der Waals surface area contributed by atoms with E-state index in [1.165, 1.54) is 6.92 Å². The van der Waals surface area contributed by atoms with Crippen molar-refractivity contribution in [3.63, 3.8) is 0 Å². The van der Waals surface area contributed by atoms with Gasteiger partial charge in [-0.05, 0) is 32.6 Å². The van der Waals surface area contributed by atoms with Gasteiger partial charge in [0.1, 0.15) is 19.4 Å². The number of carbonyl (C=O) groups excluding carboxylic acids is 3. The summed E-state index contributed by atoms with van der Waals surface area (Å²) >= 11 is 0. The van der Waals surface area contributed by atoms with Gasteiger partial charge < -0.3 is 57.8 Å². The molecule has 0 aromatic heterocycles. The summed E-state index contributed by atoms with van der Waals surface area (Å²) in [6.45, 7) is 7.31. The van der Waals surface area contributed by atoms with Crippen molar-refractivity contribution in [2.24, 2.45) is 27.4 Å². The quantitative estimate of drug-likeness (QED) is 0.00949. The summed E-state index contributed by atoms with van der Waals surface area (Å²) in [5.74, 6) is -2.94. The first-order valence-electron chi connectivity index (χ1n) is 20.7. The van der Waals surface area contributed by atoms with Crippen molar-refractivity contribution in [3.8, 4) is 0 Å². The number of nitrogens with zero attached hydrogens (tertiary/aromatic N) is 7. The largest absolute Gasteiger partial charge is 0.480 e. The fourth-order valence-electron chi connectivity index (χ4n) is 5.51. The Morgan fingerprint density at radius 3 is 1.75 bits per heavy atom. The van der Waals surface area contributed by atoms with Gasteiger partial charge in [-0.2, -0.15) is 5.06 Å². The first-order valence-corrected chi connectivity index (χ1v) is 22.6. The number of amides is 2. The Kier molecular flexibility index (Phi) is 34.0. The van der Waals surface area contributed by atoms with E-state index in [4.69, 9.17) is 32.0 Å². The van der Waals surface area contributed by atoms with Crippen LogP contribution in [0.1, 0.15) is 37.3 Å². The zero-order chi connectivity index (χ0) is 49.0. The van der Waals surface area contributed by atoms with E-state index in [-0.39, 0.29) is 56.4 Å². The number of rotatable bonds is 25. The van der Waals surface area contributed by atoms with Crippen LogP contribution in [0, 0.1) is 5.41 Å². The maximum Gasteiger partial charge on any atom is 0.317 e. The van der Waals surface area contributed by atoms with Crippen molar-refractivity contribution in [2.45, 2.75) is 32.7 Å². The number of unbranched alkanes of at least 4 members (excludes halogenated alkanes) is 1. The summed E-state index contributed by atoms with van der Waals surface area (Å²) in [5, 5.41) is 51.5. The molecule has 1 aromatic carbocycles. The molecule has 1 fully saturated rings. The molecule has 368 valence electrons. The van der Waals surface area contributed by atoms with Crippen LogP contribution >= 0.6 is 8.15 Å². The number of likely N-dealkylation sites (N-methyl/N-ethyl adjacent to an activating group) is 1. The molecule has 13 N–H and O–H groups in total. The summed E-state index contributed by atoms with van der Waals surface area (Å²) < 4.78 is 5.70. The molecule has 26 heteroatoms. The molecule has 0 bridgehead atoms. The van der Waals surface area contributed by atoms with E-state index in [1.807, 2.05) is 30.7 Å². The number of carboxylic acid groups (broad SMARTS) is 3. The molecule has 0 radical (unpaired) electrons. The van der Waals surface area contributed by atoms with Gasteiger partial charge >= 0.3 is 17.9 Å². The third kappa shape index (κ3) is 34.8. The van der Waals surface area contributed by atoms with Crippen molar-refractivity contribution in [1.82, 2.24) is 40.6 Å². The highest BCUT2D eigenvalue weighted by Gasteiger charge is 2.21. The Morgan fingerprint density at radius 1 is 0.846 bits per heavy atom. The molecule has 2 rings (SSSR count). The number of amidine groups is 2. The first-order chi connectivity index (χ1) is 30.9. The molecular weight excluding hydrogens is 871 g/mol. The molecule has 0 spiro atoms. The molecule has 1 aliphatic rings. The van der Waals surface area contributed by atoms with Crippen LogP contribution in [-0.2, 0) is 44.7 Å². The molecule has 25 nitrogen and oxygen atoms in total. The second-order valence-electron chi connectivity index (χ2n) is 14.5. The highest BCUT2D eigenvalue weighted by atomic mass is 31.1. The van der Waals surface area contributed by atoms with Gasteiger partial charge in [0.2, 0.25) is 11.8 Å². The summed E-state index contributed by atoms with van der Waals surface area (Å²) in [5.41, 5.74) is 17.1. The monoisotopic (exact) mass is 943 g/mol. The number of nitrogens with one attached hydrogen (secondary N) is 4. The number of hydrogen-bond donors (Lipinski definition) is 10. The number of carboxylic acids is 3. The Hall–Kier alpha value is -5.24. The maximum atomic E-state index is 12.7. The van der Waals surface area contributed by atoms with E-state index in [2.05, 4.69) is 26.2 Å². The molecule has 1 atom stereocenters. The highest BCUT2D eigenvalue weighted by Crippen LogP contribution is 2.31. The van der Waals surface area contributed by atoms with Gasteiger partial charge in [0.15, 0.2) is 5.84 Å². The number of nitrogens with two attached hydrogens (primary N) is 3. The lowest BCUT2D eigenvalue weighted by molar-refractivity contribution is -0.146. The molecule has 1 heterocycles. The third-order valence-corrected chi connectivity index (χ3v) is 10.1. The van der Waals surface area contributed by atoms with E-state index in [0.717, 1.165) is 30.3 Å². The Labute approximate surface area is 382 Å². The summed E-state index contributed by atoms with van der Waals surface area (Å²) in [6.07, 6.45) is 3.78. The smallest absolute Gasteiger partial charge is 0.317 e. The fraction of sp³-hybridized carbons (Fsp3) is 0.615. The number of hydrogen-bond acceptors (Lipinski definition) is 17. The number of carbonyl (C=O) groups is 6. The lowest BCUT2D eigenvalue weighted by Crippen LogP contribution is -2.50. The molecular formula is C39H71N14O11P. The van der Waals surface area contributed by atoms with Crippen LogP contribution in [0.3, 0.4) is 0 Å². The number of aliphatic carboxylic acids is 3. The van der Waals surface area contributed by atoms with E-state index in [9.17, 15) is 44.1 Å². The van der Waals surface area contributed by atoms with Gasteiger partial charge in [-0.3, -0.25) is 53.8 Å². The lowest BCUT2D eigenvalue weighted by Gasteiger charge is -2.32. The van der Waals surface area contributed by atoms with Crippen LogP contribution in [-0.4, -0.2) is 219 Å². The van der Waals surface area contributed by atoms with Crippen molar-refractivity contribution < 1.29 is 53.4 Å². The second kappa shape index (κ2) is 37.0. The van der Waals surface area contributed by atoms with Crippen molar-refractivity contribution >= 4 is 62.2 Å². The van der Waals surface area contributed by atoms with Gasteiger partial charge in [-0.1, -0.05) is 24.3 Å². The minimum absolute atomic E-state index is 0.0215. The molecule has 2 amide bonds. The second-order valence-corrected chi connectivity index (χ2v) is 16.3. The molecule has 0 aliphatic carbocycles. The molecule has 1 aliphatic heterocycles. The SMILES string of the molecule is CC(=N)N.CNCCOP(C)CN(C)OCNC(=O)CN1CCN(CC(=O)O)CCN(CC(=O)O)CCN(CC(=O)O)CC1.N/C=N\N=C(/N)c1ccc(CNC(=O)CCCC=O)cc1. The predicted octanol–water partition coefficient (Wildman–Crippen LogP) is -2.16. The lowest BCUT2D eigenvalue weighted by atomic mass is 10.1. The minimum atomic E-state index is -1.01. The van der Waals surface area contributed by atoms with Gasteiger partial charge in [0, 0.05) is 99.0 Å². The standard InChI is InChI=1S/C23H46N7O9P.C14H19N5O2.C2H6N2/c1-24-4-13-39-40(3)19-26(2)38-18-25-20(31)14-27-5-7-28(15-21(32)33)9-11-30(17-23(36)37)12-10-29(8-6-27)16-22(34)35;15-10-18-19-14(16)12-6-4-11(5-7-12)9-17-13(21)3-1-2-8-20;1-2(3)4/h24H,4-19H2,1-3H3,(H,25,31)(H,32,33)(H,34,35)(H,36,37);4-8,10H,1-3,9H2,(H2,15,18)(H2,16,19)(H,17,21);1H3,(H3,3,4). The Bertz CT molecular complexity index is 1590. The highest BCUT2D eigenvalue weighted by molar-refractivity contribution is 7.51. The molecule has 0 saturated carbocycles. The summed E-state index contributed by atoms with van der Waals surface area (Å²) in [4.78, 5) is 80.9. The van der Waals surface area contributed by atoms with Crippen LogP contribution < -0.4 is 33.2 Å². The Morgan fingerprint density at radius 2 is 1.32 bits per heavy atom. The van der Waals surface area contributed by atoms with Crippen molar-refractivity contribution in [2.75, 3.05) is 125 Å². The fourth-order valence-corrected chi connectivity index (χ4v) is 6.64. The van der Waals surface area contributed by atoms with Crippen LogP contribution in [0.4, 0.5) is 0 Å². The van der Waals surface area contributed by atoms with Gasteiger partial charge in [-0.15, -0.1) is 10.2 Å². The third-order valence-electron chi connectivity index (χ3n) is 8.69. The first kappa shape index (κ1) is 59.8. The predicted molar refractivity (Wildman–Crippen MR) is 247 cm³/mol. The maximum absolute atomic E-state index is 12.7. The van der Waals surface area contributed by atoms with E-state index < -0.39 is 26.1 Å². The normalized spacial score (nSPS) is 15.2. The number of benzene rings is 1. The van der Waals surface area contributed by atoms with Crippen LogP contribution in [0.2, 0.25) is 0 Å². The molecule has 1 saturated heterocycles. The minimum Gasteiger partial charge on any atom is -0.480 e. The average Bonchev–Trinajstić information content (AvgIpc) is 3.22. The average molecular weight is 943 g/mol. The molecule has 1 unspecified atom stereocenters. The summed E-state index contributed by atoms with van der Waals surface area (Å²) in [6, 6.07) is 7.27. The van der Waals surface area contributed by atoms with Crippen LogP contribution in [0.25, 0.3) is 0 Å². The van der Waals surface area contributed by atoms with E-state index in [1.54, 1.807) is 38.9 Å². The van der Waals surface area contributed by atoms with Crippen molar-refractivity contribution in [1.29, 1.82) is 5.41 Å². The molecule has 65 heavy (non-hydrogen) atoms. The number of hydroxylamine groups is 2. The zero-order valence-corrected chi connectivity index (χ0v) is 38.9. The topological polar surface area (TPSA) is 360 Å². The zero-order valence-electron chi connectivity index (χ0n) is 38.0. The van der Waals surface area contributed by atoms with E-state index in [0.29, 0.717) is 91.1 Å². The van der Waals surface area contributed by atoms with Crippen molar-refractivity contribution in [3.05, 3.63) is 35.4 Å². The Balaban J connectivity index is 0.00000136. The summed E-state index contributed by atoms with van der Waals surface area (Å²) in [7, 11) is 2.91. The van der Waals surface area contributed by atoms with Crippen LogP contribution in [0.5, 0.6) is 0 Å². The van der Waals surface area contributed by atoms with E-state index >= 15 is 0 Å². The van der Waals surface area contributed by atoms with Gasteiger partial charge in [0.25, 0.3) is 0 Å². The van der Waals surface area contributed by atoms with Gasteiger partial charge in [0.05, 0.1) is 44.9 Å². The van der Waals surface area contributed by atoms with Crippen LogP contribution in [0.15, 0.2) is 34.5 Å². The molecule has 1 aromatic rings.